The van der Waals surface area contributed by atoms with E-state index in [1.165, 1.54) is 0 Å². The first-order chi connectivity index (χ1) is 2.56. The molecule has 0 aliphatic carbocycles. The molecule has 6 heavy (non-hydrogen) atoms. The molecule has 0 radical (unpaired) electrons. The molecule has 4 nitrogen and oxygen atoms in total. The van der Waals surface area contributed by atoms with Gasteiger partial charge >= 0.3 is 33.0 Å². The van der Waals surface area contributed by atoms with E-state index in [9.17, 15) is 0 Å². The van der Waals surface area contributed by atoms with Crippen molar-refractivity contribution in [1.82, 2.24) is 0 Å². The maximum absolute atomic E-state index is 9.08. The van der Waals surface area contributed by atoms with Crippen molar-refractivity contribution in [3.05, 3.63) is 0 Å². The average molecular weight is 89.8 g/mol. The van der Waals surface area contributed by atoms with Gasteiger partial charge in [-0.05, 0) is 0 Å². The molecule has 0 atom stereocenters. The molecule has 0 fully saturated rings. The Morgan fingerprint density at radius 2 is 1.50 bits per heavy atom. The second-order valence-electron chi connectivity index (χ2n) is 0.805. The first kappa shape index (κ1) is 5.74. The van der Waals surface area contributed by atoms with Gasteiger partial charge in [0.25, 0.3) is 0 Å². The van der Waals surface area contributed by atoms with Crippen molar-refractivity contribution in [2.45, 2.75) is 5.87 Å². The van der Waals surface area contributed by atoms with Gasteiger partial charge in [-0.15, -0.1) is 0 Å². The second-order valence-corrected chi connectivity index (χ2v) is 0.805. The van der Waals surface area contributed by atoms with Crippen LogP contribution in [-0.4, -0.2) is 28.3 Å². The van der Waals surface area contributed by atoms with Crippen molar-refractivity contribution >= 4 is 7.15 Å². The Labute approximate surface area is 34.3 Å². The summed E-state index contributed by atoms with van der Waals surface area (Å²) in [7, 11) is -0.396. The monoisotopic (exact) mass is 90.0 g/mol. The van der Waals surface area contributed by atoms with Crippen molar-refractivity contribution in [1.29, 1.82) is 0 Å². The topological polar surface area (TPSA) is 77.8 Å². The van der Waals surface area contributed by atoms with E-state index in [0.29, 0.717) is 0 Å². The summed E-state index contributed by atoms with van der Waals surface area (Å²) in [5.41, 5.74) is 0. The van der Waals surface area contributed by atoms with Crippen LogP contribution < -0.4 is 0 Å². The molecule has 0 aliphatic heterocycles. The van der Waals surface area contributed by atoms with Crippen LogP contribution in [0.3, 0.4) is 0 Å². The van der Waals surface area contributed by atoms with E-state index in [4.69, 9.17) is 20.0 Å². The van der Waals surface area contributed by atoms with Crippen molar-refractivity contribution in [3.8, 4) is 0 Å². The molecule has 0 bridgehead atoms. The number of hydrogen-bond donors (Lipinski definition) is 3. The third-order valence-electron chi connectivity index (χ3n) is 0.158. The molecule has 0 amide bonds. The van der Waals surface area contributed by atoms with Crippen molar-refractivity contribution in [2.24, 2.45) is 0 Å². The van der Waals surface area contributed by atoms with Gasteiger partial charge in [0.15, 0.2) is 0 Å². The van der Waals surface area contributed by atoms with Gasteiger partial charge in [-0.3, -0.25) is 0 Å². The van der Waals surface area contributed by atoms with Gasteiger partial charge in [-0.1, -0.05) is 0 Å². The van der Waals surface area contributed by atoms with Crippen LogP contribution in [0.1, 0.15) is 0 Å². The summed E-state index contributed by atoms with van der Waals surface area (Å²) >= 11 is 0. The van der Waals surface area contributed by atoms with E-state index in [0.717, 1.165) is 0 Å². The summed E-state index contributed by atoms with van der Waals surface area (Å²) in [4.78, 5) is 0. The molecular weight excluding hydrogens is 86.8 g/mol. The van der Waals surface area contributed by atoms with Crippen LogP contribution >= 0.6 is 0 Å². The number of rotatable bonds is 1. The van der Waals surface area contributed by atoms with E-state index >= 15 is 0 Å². The first-order valence-electron chi connectivity index (χ1n) is 1.20. The molecule has 0 aromatic heterocycles. The van der Waals surface area contributed by atoms with Crippen LogP contribution in [-0.2, 0) is 4.70 Å². The summed E-state index contributed by atoms with van der Waals surface area (Å²) in [5.74, 6) is -3.14. The quantitative estimate of drug-likeness (QED) is 0.248. The van der Waals surface area contributed by atoms with E-state index < -0.39 is 13.0 Å². The van der Waals surface area contributed by atoms with Crippen molar-refractivity contribution in [2.75, 3.05) is 0 Å². The van der Waals surface area contributed by atoms with Gasteiger partial charge in [0.05, 0.1) is 0 Å². The van der Waals surface area contributed by atoms with E-state index in [2.05, 4.69) is 0 Å². The molecule has 0 spiro atoms. The predicted molar refractivity (Wildman–Crippen MR) is 15.8 cm³/mol. The summed E-state index contributed by atoms with van der Waals surface area (Å²) in [6, 6.07) is 0. The third-order valence-corrected chi connectivity index (χ3v) is 0.158. The Kier molecular flexibility index (Phi) is 1.40. The second kappa shape index (κ2) is 1.46. The Morgan fingerprint density at radius 3 is 1.50 bits per heavy atom. The van der Waals surface area contributed by atoms with Gasteiger partial charge < -0.3 is 0 Å². The summed E-state index contributed by atoms with van der Waals surface area (Å²) in [5, 5.41) is 22.7. The maximum atomic E-state index is 9.08. The van der Waals surface area contributed by atoms with Crippen LogP contribution in [0.4, 0.5) is 0 Å². The molecule has 0 aromatic carbocycles. The Bertz CT molecular complexity index is 53.1. The molecule has 0 aliphatic rings. The molecule has 0 heterocycles. The minimum atomic E-state index is -3.14. The predicted octanol–water partition coefficient (Wildman–Crippen LogP) is -2.38. The standard InChI is InChI=1S/CH3BO4/c3-1(4,5)2-6/h3-5H. The van der Waals surface area contributed by atoms with Crippen LogP contribution in [0, 0.1) is 0 Å². The Hall–Kier alpha value is -0.255. The third kappa shape index (κ3) is 3.74. The van der Waals surface area contributed by atoms with Gasteiger partial charge in [-0.25, -0.2) is 0 Å². The number of hydrogen-bond acceptors (Lipinski definition) is 4. The molecule has 5 heteroatoms. The molecule has 0 saturated carbocycles. The SMILES string of the molecule is O=BC(O)(O)O. The van der Waals surface area contributed by atoms with Crippen LogP contribution in [0.15, 0.2) is 0 Å². The van der Waals surface area contributed by atoms with E-state index in [1.54, 1.807) is 0 Å². The summed E-state index contributed by atoms with van der Waals surface area (Å²) in [6.45, 7) is 0. The van der Waals surface area contributed by atoms with Crippen molar-refractivity contribution in [3.63, 3.8) is 0 Å². The normalized spacial score (nSPS) is 10.5. The van der Waals surface area contributed by atoms with Gasteiger partial charge in [0.2, 0.25) is 0 Å². The zero-order valence-electron chi connectivity index (χ0n) is 2.83. The molecule has 0 aromatic rings. The Balaban J connectivity index is 3.45. The van der Waals surface area contributed by atoms with E-state index in [1.807, 2.05) is 0 Å². The molecule has 0 unspecified atom stereocenters. The minimum absolute atomic E-state index is 0.396. The van der Waals surface area contributed by atoms with Gasteiger partial charge in [-0.2, -0.15) is 0 Å². The Morgan fingerprint density at radius 1 is 1.33 bits per heavy atom. The van der Waals surface area contributed by atoms with Crippen LogP contribution in [0.2, 0.25) is 0 Å². The number of aliphatic hydroxyl groups is 3. The summed E-state index contributed by atoms with van der Waals surface area (Å²) in [6.07, 6.45) is 0. The molecule has 0 saturated heterocycles. The first-order valence-corrected chi connectivity index (χ1v) is 1.20. The molecular formula is CH3BO4. The molecule has 34 valence electrons. The average Bonchev–Trinajstić information content (AvgIpc) is 1.35. The van der Waals surface area contributed by atoms with Gasteiger partial charge in [0.1, 0.15) is 0 Å². The molecule has 3 N–H and O–H groups in total. The fourth-order valence-electron chi connectivity index (χ4n) is 0. The zero-order valence-corrected chi connectivity index (χ0v) is 2.83. The van der Waals surface area contributed by atoms with Crippen LogP contribution in [0.25, 0.3) is 0 Å². The van der Waals surface area contributed by atoms with Gasteiger partial charge in [0, 0.05) is 0 Å². The molecule has 0 rings (SSSR count). The fourth-order valence-corrected chi connectivity index (χ4v) is 0. The fraction of sp³-hybridized carbons (Fsp3) is 1.00. The van der Waals surface area contributed by atoms with Crippen molar-refractivity contribution < 1.29 is 20.0 Å². The van der Waals surface area contributed by atoms with Crippen LogP contribution in [0.5, 0.6) is 0 Å². The zero-order chi connectivity index (χ0) is 5.21. The summed E-state index contributed by atoms with van der Waals surface area (Å²) < 4.78 is 9.08. The van der Waals surface area contributed by atoms with E-state index in [-0.39, 0.29) is 0 Å².